The Bertz CT molecular complexity index is 533. The van der Waals surface area contributed by atoms with Crippen LogP contribution >= 0.6 is 11.8 Å². The maximum absolute atomic E-state index is 11.0. The average molecular weight is 353 g/mol. The molecule has 0 atom stereocenters. The van der Waals surface area contributed by atoms with Gasteiger partial charge in [0, 0.05) is 51.2 Å². The molecule has 0 radical (unpaired) electrons. The van der Waals surface area contributed by atoms with Gasteiger partial charge in [0.25, 0.3) is 0 Å². The van der Waals surface area contributed by atoms with Crippen LogP contribution in [-0.4, -0.2) is 58.8 Å². The Hall–Kier alpha value is -1.24. The molecule has 2 fully saturated rings. The quantitative estimate of drug-likeness (QED) is 0.609. The van der Waals surface area contributed by atoms with Crippen LogP contribution in [0.4, 0.5) is 4.79 Å². The molecule has 1 saturated carbocycles. The van der Waals surface area contributed by atoms with E-state index in [2.05, 4.69) is 16.4 Å². The minimum absolute atomic E-state index is 0.243. The van der Waals surface area contributed by atoms with E-state index >= 15 is 0 Å². The van der Waals surface area contributed by atoms with Crippen LogP contribution in [-0.2, 0) is 4.84 Å². The first kappa shape index (κ1) is 17.6. The van der Waals surface area contributed by atoms with Gasteiger partial charge < -0.3 is 14.8 Å². The molecule has 0 aromatic heterocycles. The fourth-order valence-electron chi connectivity index (χ4n) is 4.26. The van der Waals surface area contributed by atoms with Gasteiger partial charge in [-0.1, -0.05) is 5.16 Å². The molecule has 2 aliphatic heterocycles. The lowest BCUT2D eigenvalue weighted by atomic mass is 9.76. The zero-order valence-corrected chi connectivity index (χ0v) is 15.3. The third kappa shape index (κ3) is 3.55. The van der Waals surface area contributed by atoms with Crippen LogP contribution in [0.2, 0.25) is 0 Å². The maximum Gasteiger partial charge on any atom is 0.407 e. The van der Waals surface area contributed by atoms with E-state index < -0.39 is 6.09 Å². The number of carboxylic acid groups (broad SMARTS) is 1. The lowest BCUT2D eigenvalue weighted by Gasteiger charge is -2.36. The molecule has 1 amide bonds. The molecule has 1 saturated heterocycles. The zero-order chi connectivity index (χ0) is 17.2. The van der Waals surface area contributed by atoms with Crippen molar-refractivity contribution in [1.29, 1.82) is 0 Å². The first-order valence-electron chi connectivity index (χ1n) is 8.80. The standard InChI is InChI=1S/C17H27N3O3S/c1-18-15(24-2)13-5-3-12(4-6-13)14-11-17(23-19-14)7-9-20(10-8-17)16(21)22/h12-13H,3-11H2,1-2H3,(H,21,22)/b18-15-/t12-,13-. The normalized spacial score (nSPS) is 30.2. The molecule has 3 rings (SSSR count). The second-order valence-corrected chi connectivity index (χ2v) is 7.94. The number of amides is 1. The fourth-order valence-corrected chi connectivity index (χ4v) is 5.01. The van der Waals surface area contributed by atoms with E-state index in [0.717, 1.165) is 32.1 Å². The molecule has 6 nitrogen and oxygen atoms in total. The summed E-state index contributed by atoms with van der Waals surface area (Å²) in [6.45, 7) is 1.10. The van der Waals surface area contributed by atoms with Crippen molar-refractivity contribution in [3.05, 3.63) is 0 Å². The first-order valence-corrected chi connectivity index (χ1v) is 10.0. The van der Waals surface area contributed by atoms with Crippen LogP contribution in [0.15, 0.2) is 10.1 Å². The van der Waals surface area contributed by atoms with Crippen molar-refractivity contribution in [1.82, 2.24) is 4.90 Å². The van der Waals surface area contributed by atoms with E-state index in [1.807, 2.05) is 7.05 Å². The monoisotopic (exact) mass is 353 g/mol. The van der Waals surface area contributed by atoms with Gasteiger partial charge in [-0.3, -0.25) is 4.99 Å². The van der Waals surface area contributed by atoms with E-state index in [0.29, 0.717) is 24.9 Å². The largest absolute Gasteiger partial charge is 0.465 e. The van der Waals surface area contributed by atoms with Crippen LogP contribution in [0.5, 0.6) is 0 Å². The molecule has 24 heavy (non-hydrogen) atoms. The molecule has 1 N–H and O–H groups in total. The number of likely N-dealkylation sites (tertiary alicyclic amines) is 1. The Morgan fingerprint density at radius 2 is 2.00 bits per heavy atom. The molecule has 0 unspecified atom stereocenters. The predicted octanol–water partition coefficient (Wildman–Crippen LogP) is 3.47. The van der Waals surface area contributed by atoms with Gasteiger partial charge in [-0.15, -0.1) is 11.8 Å². The van der Waals surface area contributed by atoms with Crippen LogP contribution in [0.3, 0.4) is 0 Å². The van der Waals surface area contributed by atoms with E-state index in [1.165, 1.54) is 28.5 Å². The van der Waals surface area contributed by atoms with Gasteiger partial charge in [0.2, 0.25) is 0 Å². The number of nitrogens with zero attached hydrogens (tertiary/aromatic N) is 3. The van der Waals surface area contributed by atoms with Gasteiger partial charge in [0.05, 0.1) is 10.8 Å². The summed E-state index contributed by atoms with van der Waals surface area (Å²) in [6.07, 6.45) is 8.33. The van der Waals surface area contributed by atoms with Gasteiger partial charge >= 0.3 is 6.09 Å². The fraction of sp³-hybridized carbons (Fsp3) is 0.824. The Balaban J connectivity index is 1.51. The van der Waals surface area contributed by atoms with Gasteiger partial charge in [-0.25, -0.2) is 4.79 Å². The molecule has 3 aliphatic rings. The third-order valence-corrected chi connectivity index (χ3v) is 6.72. The summed E-state index contributed by atoms with van der Waals surface area (Å²) in [5.41, 5.74) is 0.962. The minimum Gasteiger partial charge on any atom is -0.465 e. The van der Waals surface area contributed by atoms with Crippen molar-refractivity contribution in [2.45, 2.75) is 50.5 Å². The van der Waals surface area contributed by atoms with Crippen molar-refractivity contribution in [2.75, 3.05) is 26.4 Å². The number of thioether (sulfide) groups is 1. The molecule has 1 aliphatic carbocycles. The lowest BCUT2D eigenvalue weighted by Crippen LogP contribution is -2.46. The number of oxime groups is 1. The Morgan fingerprint density at radius 3 is 2.54 bits per heavy atom. The topological polar surface area (TPSA) is 74.5 Å². The maximum atomic E-state index is 11.0. The average Bonchev–Trinajstić information content (AvgIpc) is 3.01. The molecule has 1 spiro atoms. The van der Waals surface area contributed by atoms with Crippen LogP contribution in [0, 0.1) is 11.8 Å². The van der Waals surface area contributed by atoms with Crippen LogP contribution in [0.1, 0.15) is 44.9 Å². The number of hydrogen-bond donors (Lipinski definition) is 1. The Kier molecular flexibility index (Phi) is 5.37. The summed E-state index contributed by atoms with van der Waals surface area (Å²) in [5, 5.41) is 14.8. The molecule has 134 valence electrons. The molecular weight excluding hydrogens is 326 g/mol. The Labute approximate surface area is 147 Å². The highest BCUT2D eigenvalue weighted by atomic mass is 32.2. The Morgan fingerprint density at radius 1 is 1.33 bits per heavy atom. The van der Waals surface area contributed by atoms with Gasteiger partial charge in [-0.2, -0.15) is 0 Å². The zero-order valence-electron chi connectivity index (χ0n) is 14.5. The lowest BCUT2D eigenvalue weighted by molar-refractivity contribution is -0.0576. The summed E-state index contributed by atoms with van der Waals surface area (Å²) in [7, 11) is 1.89. The van der Waals surface area contributed by atoms with Gasteiger partial charge in [-0.05, 0) is 31.9 Å². The summed E-state index contributed by atoms with van der Waals surface area (Å²) in [4.78, 5) is 22.8. The third-order valence-electron chi connectivity index (χ3n) is 5.78. The molecule has 7 heteroatoms. The molecule has 2 heterocycles. The highest BCUT2D eigenvalue weighted by Crippen LogP contribution is 2.40. The van der Waals surface area contributed by atoms with Gasteiger partial charge in [0.15, 0.2) is 0 Å². The summed E-state index contributed by atoms with van der Waals surface area (Å²) < 4.78 is 0. The van der Waals surface area contributed by atoms with E-state index in [9.17, 15) is 4.79 Å². The summed E-state index contributed by atoms with van der Waals surface area (Å²) in [5.74, 6) is 1.13. The summed E-state index contributed by atoms with van der Waals surface area (Å²) >= 11 is 1.77. The first-order chi connectivity index (χ1) is 11.6. The number of aliphatic imine (C=N–C) groups is 1. The second kappa shape index (κ2) is 7.33. The number of rotatable bonds is 2. The van der Waals surface area contributed by atoms with E-state index in [1.54, 1.807) is 11.8 Å². The SMILES string of the molecule is C/N=C(\SC)[C@H]1CC[C@H](C2=NOC3(CCN(C(=O)O)CC3)C2)CC1. The van der Waals surface area contributed by atoms with Crippen LogP contribution < -0.4 is 0 Å². The van der Waals surface area contributed by atoms with Crippen molar-refractivity contribution in [2.24, 2.45) is 22.0 Å². The highest BCUT2D eigenvalue weighted by Gasteiger charge is 2.44. The minimum atomic E-state index is -0.829. The predicted molar refractivity (Wildman–Crippen MR) is 97.0 cm³/mol. The van der Waals surface area contributed by atoms with Crippen molar-refractivity contribution in [3.8, 4) is 0 Å². The number of hydrogen-bond acceptors (Lipinski definition) is 5. The smallest absolute Gasteiger partial charge is 0.407 e. The molecule has 0 aromatic rings. The van der Waals surface area contributed by atoms with Crippen LogP contribution in [0.25, 0.3) is 0 Å². The van der Waals surface area contributed by atoms with Crippen molar-refractivity contribution >= 4 is 28.6 Å². The van der Waals surface area contributed by atoms with Gasteiger partial charge in [0.1, 0.15) is 5.60 Å². The second-order valence-electron chi connectivity index (χ2n) is 7.12. The molecule has 0 bridgehead atoms. The van der Waals surface area contributed by atoms with Crippen molar-refractivity contribution < 1.29 is 14.7 Å². The highest BCUT2D eigenvalue weighted by molar-refractivity contribution is 8.13. The van der Waals surface area contributed by atoms with E-state index in [4.69, 9.17) is 9.94 Å². The number of carbonyl (C=O) groups is 1. The molecule has 0 aromatic carbocycles. The molecular formula is C17H27N3O3S. The van der Waals surface area contributed by atoms with Crippen molar-refractivity contribution in [3.63, 3.8) is 0 Å². The summed E-state index contributed by atoms with van der Waals surface area (Å²) in [6, 6.07) is 0. The number of piperidine rings is 1. The van der Waals surface area contributed by atoms with E-state index in [-0.39, 0.29) is 5.60 Å².